The van der Waals surface area contributed by atoms with Crippen LogP contribution in [0.25, 0.3) is 0 Å². The van der Waals surface area contributed by atoms with E-state index in [2.05, 4.69) is 12.2 Å². The van der Waals surface area contributed by atoms with Gasteiger partial charge in [-0.05, 0) is 57.1 Å². The molecule has 1 aromatic rings. The van der Waals surface area contributed by atoms with Gasteiger partial charge in [0.2, 0.25) is 0 Å². The summed E-state index contributed by atoms with van der Waals surface area (Å²) in [5, 5.41) is 3.35. The molecule has 0 aromatic heterocycles. The van der Waals surface area contributed by atoms with Gasteiger partial charge < -0.3 is 15.1 Å². The Hall–Kier alpha value is -1.55. The molecule has 0 atom stereocenters. The summed E-state index contributed by atoms with van der Waals surface area (Å²) in [6.45, 7) is 4.86. The first-order valence-corrected chi connectivity index (χ1v) is 7.42. The van der Waals surface area contributed by atoms with Crippen LogP contribution in [0.3, 0.4) is 0 Å². The van der Waals surface area contributed by atoms with Gasteiger partial charge in [-0.15, -0.1) is 0 Å². The van der Waals surface area contributed by atoms with Crippen LogP contribution in [0.1, 0.15) is 30.1 Å². The Labute approximate surface area is 121 Å². The number of anilines is 1. The van der Waals surface area contributed by atoms with Crippen molar-refractivity contribution in [2.75, 3.05) is 38.6 Å². The number of piperidine rings is 1. The molecule has 4 heteroatoms. The van der Waals surface area contributed by atoms with Gasteiger partial charge in [-0.3, -0.25) is 4.79 Å². The lowest BCUT2D eigenvalue weighted by Crippen LogP contribution is -2.46. The van der Waals surface area contributed by atoms with Crippen molar-refractivity contribution in [2.45, 2.75) is 25.8 Å². The first kappa shape index (κ1) is 14.9. The summed E-state index contributed by atoms with van der Waals surface area (Å²) in [5.41, 5.74) is 1.91. The molecule has 1 saturated heterocycles. The summed E-state index contributed by atoms with van der Waals surface area (Å²) < 4.78 is 0. The molecule has 110 valence electrons. The Morgan fingerprint density at radius 2 is 1.80 bits per heavy atom. The highest BCUT2D eigenvalue weighted by atomic mass is 16.2. The Morgan fingerprint density at radius 1 is 1.20 bits per heavy atom. The fraction of sp³-hybridized carbons (Fsp3) is 0.562. The van der Waals surface area contributed by atoms with Crippen LogP contribution in [0.4, 0.5) is 5.69 Å². The summed E-state index contributed by atoms with van der Waals surface area (Å²) in [5.74, 6) is 0.157. The number of carbonyl (C=O) groups is 1. The van der Waals surface area contributed by atoms with Crippen LogP contribution in [0.5, 0.6) is 0 Å². The topological polar surface area (TPSA) is 35.6 Å². The summed E-state index contributed by atoms with van der Waals surface area (Å²) >= 11 is 0. The highest BCUT2D eigenvalue weighted by Crippen LogP contribution is 2.18. The quantitative estimate of drug-likeness (QED) is 0.912. The number of benzene rings is 1. The van der Waals surface area contributed by atoms with Crippen LogP contribution in [0.15, 0.2) is 24.3 Å². The number of carbonyl (C=O) groups excluding carboxylic acids is 1. The number of hydrogen-bond donors (Lipinski definition) is 1. The third-order valence-corrected chi connectivity index (χ3v) is 3.98. The molecule has 0 radical (unpaired) electrons. The highest BCUT2D eigenvalue weighted by Gasteiger charge is 2.24. The number of amides is 1. The van der Waals surface area contributed by atoms with Crippen molar-refractivity contribution < 1.29 is 4.79 Å². The molecule has 1 aromatic carbocycles. The fourth-order valence-corrected chi connectivity index (χ4v) is 2.75. The van der Waals surface area contributed by atoms with E-state index in [4.69, 9.17) is 0 Å². The van der Waals surface area contributed by atoms with Crippen LogP contribution >= 0.6 is 0 Å². The number of hydrogen-bond acceptors (Lipinski definition) is 3. The lowest BCUT2D eigenvalue weighted by atomic mass is 10.0. The van der Waals surface area contributed by atoms with Gasteiger partial charge in [0.1, 0.15) is 0 Å². The van der Waals surface area contributed by atoms with E-state index in [-0.39, 0.29) is 5.91 Å². The molecule has 1 amide bonds. The molecule has 0 unspecified atom stereocenters. The van der Waals surface area contributed by atoms with Crippen LogP contribution in [-0.2, 0) is 0 Å². The van der Waals surface area contributed by atoms with E-state index in [1.165, 1.54) is 0 Å². The van der Waals surface area contributed by atoms with Gasteiger partial charge in [0.15, 0.2) is 0 Å². The second-order valence-electron chi connectivity index (χ2n) is 5.51. The SMILES string of the molecule is CCN(C(=O)c1ccc(N(C)C)cc1)C1CCNCC1. The van der Waals surface area contributed by atoms with Crippen LogP contribution in [-0.4, -0.2) is 50.6 Å². The molecule has 2 rings (SSSR count). The molecule has 20 heavy (non-hydrogen) atoms. The van der Waals surface area contributed by atoms with Gasteiger partial charge in [0.05, 0.1) is 0 Å². The number of rotatable bonds is 4. The second kappa shape index (κ2) is 6.75. The average molecular weight is 275 g/mol. The third kappa shape index (κ3) is 3.31. The molecule has 1 fully saturated rings. The average Bonchev–Trinajstić information content (AvgIpc) is 2.49. The predicted octanol–water partition coefficient (Wildman–Crippen LogP) is 1.97. The fourth-order valence-electron chi connectivity index (χ4n) is 2.75. The van der Waals surface area contributed by atoms with Gasteiger partial charge in [0.25, 0.3) is 5.91 Å². The lowest BCUT2D eigenvalue weighted by Gasteiger charge is -2.34. The molecule has 1 aliphatic rings. The molecule has 4 nitrogen and oxygen atoms in total. The van der Waals surface area contributed by atoms with E-state index in [0.29, 0.717) is 6.04 Å². The molecule has 1 aliphatic heterocycles. The smallest absolute Gasteiger partial charge is 0.254 e. The van der Waals surface area contributed by atoms with Crippen molar-refractivity contribution in [2.24, 2.45) is 0 Å². The van der Waals surface area contributed by atoms with Crippen LogP contribution < -0.4 is 10.2 Å². The molecule has 0 aliphatic carbocycles. The van der Waals surface area contributed by atoms with Crippen LogP contribution in [0, 0.1) is 0 Å². The van der Waals surface area contributed by atoms with Crippen molar-refractivity contribution in [3.63, 3.8) is 0 Å². The molecule has 1 heterocycles. The van der Waals surface area contributed by atoms with Crippen LogP contribution in [0.2, 0.25) is 0 Å². The minimum absolute atomic E-state index is 0.157. The monoisotopic (exact) mass is 275 g/mol. The normalized spacial score (nSPS) is 15.9. The van der Waals surface area contributed by atoms with E-state index in [1.54, 1.807) is 0 Å². The predicted molar refractivity (Wildman–Crippen MR) is 83.4 cm³/mol. The van der Waals surface area contributed by atoms with E-state index in [1.807, 2.05) is 48.2 Å². The van der Waals surface area contributed by atoms with Crippen molar-refractivity contribution in [3.8, 4) is 0 Å². The lowest BCUT2D eigenvalue weighted by molar-refractivity contribution is 0.0656. The highest BCUT2D eigenvalue weighted by molar-refractivity contribution is 5.94. The van der Waals surface area contributed by atoms with Crippen molar-refractivity contribution >= 4 is 11.6 Å². The van der Waals surface area contributed by atoms with Crippen molar-refractivity contribution in [1.82, 2.24) is 10.2 Å². The van der Waals surface area contributed by atoms with Gasteiger partial charge >= 0.3 is 0 Å². The molecule has 1 N–H and O–H groups in total. The summed E-state index contributed by atoms with van der Waals surface area (Å²) in [7, 11) is 4.01. The Balaban J connectivity index is 2.11. The molecule has 0 spiro atoms. The Kier molecular flexibility index (Phi) is 5.01. The van der Waals surface area contributed by atoms with E-state index < -0.39 is 0 Å². The third-order valence-electron chi connectivity index (χ3n) is 3.98. The van der Waals surface area contributed by atoms with Crippen molar-refractivity contribution in [3.05, 3.63) is 29.8 Å². The van der Waals surface area contributed by atoms with E-state index >= 15 is 0 Å². The zero-order valence-electron chi connectivity index (χ0n) is 12.7. The Morgan fingerprint density at radius 3 is 2.30 bits per heavy atom. The minimum Gasteiger partial charge on any atom is -0.378 e. The second-order valence-corrected chi connectivity index (χ2v) is 5.51. The number of nitrogens with one attached hydrogen (secondary N) is 1. The maximum atomic E-state index is 12.6. The standard InChI is InChI=1S/C16H25N3O/c1-4-19(15-9-11-17-12-10-15)16(20)13-5-7-14(8-6-13)18(2)3/h5-8,15,17H,4,9-12H2,1-3H3. The number of nitrogens with zero attached hydrogens (tertiary/aromatic N) is 2. The Bertz CT molecular complexity index is 436. The van der Waals surface area contributed by atoms with Gasteiger partial charge in [0, 0.05) is 37.9 Å². The molecule has 0 bridgehead atoms. The van der Waals surface area contributed by atoms with E-state index in [0.717, 1.165) is 43.7 Å². The molecular formula is C16H25N3O. The van der Waals surface area contributed by atoms with Crippen molar-refractivity contribution in [1.29, 1.82) is 0 Å². The first-order valence-electron chi connectivity index (χ1n) is 7.42. The maximum Gasteiger partial charge on any atom is 0.254 e. The summed E-state index contributed by atoms with van der Waals surface area (Å²) in [6.07, 6.45) is 2.10. The van der Waals surface area contributed by atoms with E-state index in [9.17, 15) is 4.79 Å². The first-order chi connectivity index (χ1) is 9.63. The maximum absolute atomic E-state index is 12.6. The van der Waals surface area contributed by atoms with Gasteiger partial charge in [-0.1, -0.05) is 0 Å². The largest absolute Gasteiger partial charge is 0.378 e. The summed E-state index contributed by atoms with van der Waals surface area (Å²) in [4.78, 5) is 16.7. The zero-order chi connectivity index (χ0) is 14.5. The van der Waals surface area contributed by atoms with Gasteiger partial charge in [-0.25, -0.2) is 0 Å². The minimum atomic E-state index is 0.157. The summed E-state index contributed by atoms with van der Waals surface area (Å²) in [6, 6.07) is 8.25. The molecule has 0 saturated carbocycles. The zero-order valence-corrected chi connectivity index (χ0v) is 12.7. The van der Waals surface area contributed by atoms with Gasteiger partial charge in [-0.2, -0.15) is 0 Å². The molecular weight excluding hydrogens is 250 g/mol.